The van der Waals surface area contributed by atoms with Crippen molar-refractivity contribution in [3.8, 4) is 0 Å². The molecule has 14 heavy (non-hydrogen) atoms. The minimum absolute atomic E-state index is 0.154. The SMILES string of the molecule is CC(C)(C)OC(=P)N1CCCC(N)C1. The highest BCUT2D eigenvalue weighted by Gasteiger charge is 2.22. The van der Waals surface area contributed by atoms with Gasteiger partial charge in [-0.1, -0.05) is 8.86 Å². The maximum absolute atomic E-state index is 5.89. The lowest BCUT2D eigenvalue weighted by molar-refractivity contribution is 0.0880. The van der Waals surface area contributed by atoms with E-state index in [0.717, 1.165) is 31.5 Å². The highest BCUT2D eigenvalue weighted by molar-refractivity contribution is 7.20. The maximum Gasteiger partial charge on any atom is 0.142 e. The number of nitrogens with zero attached hydrogens (tertiary/aromatic N) is 1. The smallest absolute Gasteiger partial charge is 0.142 e. The van der Waals surface area contributed by atoms with Crippen molar-refractivity contribution in [1.82, 2.24) is 4.90 Å². The molecule has 2 N–H and O–H groups in total. The molecular weight excluding hydrogens is 195 g/mol. The first kappa shape index (κ1) is 12.1. The van der Waals surface area contributed by atoms with Crippen LogP contribution >= 0.6 is 8.86 Å². The zero-order valence-corrected chi connectivity index (χ0v) is 10.3. The van der Waals surface area contributed by atoms with Crippen LogP contribution < -0.4 is 5.73 Å². The molecule has 0 spiro atoms. The minimum atomic E-state index is -0.154. The molecule has 0 amide bonds. The lowest BCUT2D eigenvalue weighted by Crippen LogP contribution is -2.47. The molecule has 1 aliphatic heterocycles. The second kappa shape index (κ2) is 4.71. The van der Waals surface area contributed by atoms with Crippen molar-refractivity contribution < 1.29 is 4.74 Å². The summed E-state index contributed by atoms with van der Waals surface area (Å²) in [7, 11) is 3.52. The number of piperidine rings is 1. The largest absolute Gasteiger partial charge is 0.327 e. The van der Waals surface area contributed by atoms with E-state index in [1.165, 1.54) is 0 Å². The Morgan fingerprint density at radius 2 is 2.14 bits per heavy atom. The minimum Gasteiger partial charge on any atom is -0.327 e. The molecule has 1 saturated heterocycles. The van der Waals surface area contributed by atoms with Gasteiger partial charge >= 0.3 is 0 Å². The second-order valence-electron chi connectivity index (χ2n) is 4.87. The third-order valence-corrected chi connectivity index (χ3v) is 2.57. The molecule has 1 atom stereocenters. The first-order valence-corrected chi connectivity index (χ1v) is 5.66. The van der Waals surface area contributed by atoms with Crippen LogP contribution in [-0.4, -0.2) is 35.2 Å². The number of nitrogens with two attached hydrogens (primary N) is 1. The van der Waals surface area contributed by atoms with E-state index in [-0.39, 0.29) is 11.6 Å². The zero-order valence-electron chi connectivity index (χ0n) is 9.34. The van der Waals surface area contributed by atoms with Gasteiger partial charge in [-0.05, 0) is 33.6 Å². The molecule has 4 heteroatoms. The summed E-state index contributed by atoms with van der Waals surface area (Å²) in [4.78, 5) is 2.16. The van der Waals surface area contributed by atoms with Crippen molar-refractivity contribution in [2.24, 2.45) is 5.73 Å². The van der Waals surface area contributed by atoms with Crippen molar-refractivity contribution in [2.45, 2.75) is 45.3 Å². The van der Waals surface area contributed by atoms with Crippen LogP contribution in [0.1, 0.15) is 33.6 Å². The number of likely N-dealkylation sites (tertiary alicyclic amines) is 1. The van der Waals surface area contributed by atoms with Gasteiger partial charge in [-0.2, -0.15) is 0 Å². The van der Waals surface area contributed by atoms with Gasteiger partial charge in [0.05, 0.1) is 5.60 Å². The lowest BCUT2D eigenvalue weighted by Gasteiger charge is -2.33. The Morgan fingerprint density at radius 1 is 1.50 bits per heavy atom. The van der Waals surface area contributed by atoms with Crippen molar-refractivity contribution >= 4 is 14.5 Å². The van der Waals surface area contributed by atoms with Gasteiger partial charge in [0.2, 0.25) is 0 Å². The summed E-state index contributed by atoms with van der Waals surface area (Å²) >= 11 is 0. The lowest BCUT2D eigenvalue weighted by atomic mass is 10.1. The summed E-state index contributed by atoms with van der Waals surface area (Å²) < 4.78 is 5.73. The molecule has 3 nitrogen and oxygen atoms in total. The van der Waals surface area contributed by atoms with Gasteiger partial charge in [0.1, 0.15) is 5.60 Å². The van der Waals surface area contributed by atoms with Crippen LogP contribution in [0.2, 0.25) is 0 Å². The van der Waals surface area contributed by atoms with Gasteiger partial charge in [0.15, 0.2) is 0 Å². The van der Waals surface area contributed by atoms with E-state index in [4.69, 9.17) is 10.5 Å². The molecule has 1 unspecified atom stereocenters. The quantitative estimate of drug-likeness (QED) is 0.710. The molecule has 1 rings (SSSR count). The Balaban J connectivity index is 2.44. The first-order chi connectivity index (χ1) is 6.38. The van der Waals surface area contributed by atoms with Crippen molar-refractivity contribution in [3.63, 3.8) is 0 Å². The fourth-order valence-corrected chi connectivity index (χ4v) is 2.06. The topological polar surface area (TPSA) is 38.5 Å². The average molecular weight is 216 g/mol. The molecule has 82 valence electrons. The fraction of sp³-hybridized carbons (Fsp3) is 0.900. The Labute approximate surface area is 88.8 Å². The van der Waals surface area contributed by atoms with Crippen LogP contribution in [0.4, 0.5) is 0 Å². The number of rotatable bonds is 2. The van der Waals surface area contributed by atoms with Crippen LogP contribution in [0, 0.1) is 0 Å². The highest BCUT2D eigenvalue weighted by Crippen LogP contribution is 2.15. The first-order valence-electron chi connectivity index (χ1n) is 5.16. The molecule has 0 saturated carbocycles. The Kier molecular flexibility index (Phi) is 4.08. The third kappa shape index (κ3) is 4.05. The average Bonchev–Trinajstić information content (AvgIpc) is 2.01. The predicted octanol–water partition coefficient (Wildman–Crippen LogP) is 1.45. The molecule has 0 aromatic rings. The van der Waals surface area contributed by atoms with Crippen LogP contribution in [-0.2, 0) is 4.74 Å². The van der Waals surface area contributed by atoms with Gasteiger partial charge in [-0.25, -0.2) is 0 Å². The van der Waals surface area contributed by atoms with Crippen LogP contribution in [0.3, 0.4) is 0 Å². The predicted molar refractivity (Wildman–Crippen MR) is 62.9 cm³/mol. The second-order valence-corrected chi connectivity index (χ2v) is 5.30. The Morgan fingerprint density at radius 3 is 2.64 bits per heavy atom. The van der Waals surface area contributed by atoms with E-state index in [2.05, 4.69) is 13.8 Å². The van der Waals surface area contributed by atoms with E-state index >= 15 is 0 Å². The molecule has 0 aliphatic carbocycles. The van der Waals surface area contributed by atoms with E-state index in [9.17, 15) is 0 Å². The van der Waals surface area contributed by atoms with Crippen LogP contribution in [0.15, 0.2) is 0 Å². The summed E-state index contributed by atoms with van der Waals surface area (Å²) in [6, 6.07) is 0.277. The van der Waals surface area contributed by atoms with Gasteiger partial charge in [-0.15, -0.1) is 0 Å². The summed E-state index contributed by atoms with van der Waals surface area (Å²) in [5.74, 6) is 0. The fourth-order valence-electron chi connectivity index (χ4n) is 1.55. The summed E-state index contributed by atoms with van der Waals surface area (Å²) in [5, 5.41) is 0. The highest BCUT2D eigenvalue weighted by atomic mass is 31.0. The monoisotopic (exact) mass is 216 g/mol. The van der Waals surface area contributed by atoms with E-state index in [0.29, 0.717) is 0 Å². The molecular formula is C10H21N2OP. The van der Waals surface area contributed by atoms with Crippen LogP contribution in [0.25, 0.3) is 0 Å². The normalized spacial score (nSPS) is 25.0. The molecule has 1 fully saturated rings. The number of hydrogen-bond acceptors (Lipinski definition) is 2. The molecule has 0 bridgehead atoms. The zero-order chi connectivity index (χ0) is 10.8. The number of hydrogen-bond donors (Lipinski definition) is 1. The molecule has 0 radical (unpaired) electrons. The van der Waals surface area contributed by atoms with Gasteiger partial charge < -0.3 is 10.5 Å². The third-order valence-electron chi connectivity index (χ3n) is 2.15. The van der Waals surface area contributed by atoms with E-state index in [1.807, 2.05) is 20.8 Å². The van der Waals surface area contributed by atoms with Gasteiger partial charge in [0, 0.05) is 19.1 Å². The van der Waals surface area contributed by atoms with Crippen molar-refractivity contribution in [3.05, 3.63) is 0 Å². The Bertz CT molecular complexity index is 213. The molecule has 1 aliphatic rings. The molecule has 0 aromatic heterocycles. The standard InChI is InChI=1S/C10H21N2OP/c1-10(2,3)13-9(14)12-6-4-5-8(11)7-12/h8,14H,4-7,11H2,1-3H3. The van der Waals surface area contributed by atoms with Crippen molar-refractivity contribution in [2.75, 3.05) is 13.1 Å². The van der Waals surface area contributed by atoms with Crippen LogP contribution in [0.5, 0.6) is 0 Å². The number of ether oxygens (including phenoxy) is 1. The van der Waals surface area contributed by atoms with Gasteiger partial charge in [-0.3, -0.25) is 4.90 Å². The Hall–Kier alpha value is 0.0500. The van der Waals surface area contributed by atoms with E-state index < -0.39 is 0 Å². The summed E-state index contributed by atoms with van der Waals surface area (Å²) in [6.45, 7) is 8.03. The molecule has 0 aromatic carbocycles. The van der Waals surface area contributed by atoms with E-state index in [1.54, 1.807) is 0 Å². The van der Waals surface area contributed by atoms with Gasteiger partial charge in [0.25, 0.3) is 0 Å². The maximum atomic E-state index is 5.89. The summed E-state index contributed by atoms with van der Waals surface area (Å²) in [5.41, 5.74) is 6.55. The van der Waals surface area contributed by atoms with Crippen molar-refractivity contribution in [1.29, 1.82) is 0 Å². The molecule has 1 heterocycles. The summed E-state index contributed by atoms with van der Waals surface area (Å²) in [6.07, 6.45) is 2.26.